The van der Waals surface area contributed by atoms with Crippen LogP contribution in [0.2, 0.25) is 0 Å². The third kappa shape index (κ3) is 3.63. The van der Waals surface area contributed by atoms with Crippen LogP contribution < -0.4 is 4.72 Å². The number of imide groups is 1. The predicted molar refractivity (Wildman–Crippen MR) is 87.6 cm³/mol. The van der Waals surface area contributed by atoms with Crippen LogP contribution in [0.4, 0.5) is 0 Å². The first-order chi connectivity index (χ1) is 11.3. The fraction of sp³-hybridized carbons (Fsp3) is 0.438. The highest BCUT2D eigenvalue weighted by atomic mass is 32.2. The molecular formula is C16H19N3O4S. The Kier molecular flexibility index (Phi) is 5.36. The van der Waals surface area contributed by atoms with E-state index in [0.29, 0.717) is 11.1 Å². The maximum Gasteiger partial charge on any atom is 0.261 e. The van der Waals surface area contributed by atoms with Gasteiger partial charge in [0, 0.05) is 13.1 Å². The maximum atomic E-state index is 12.2. The molecule has 1 aromatic carbocycles. The smallest absolute Gasteiger partial charge is 0.261 e. The van der Waals surface area contributed by atoms with Gasteiger partial charge in [0.05, 0.1) is 28.4 Å². The van der Waals surface area contributed by atoms with Crippen molar-refractivity contribution in [2.24, 2.45) is 5.92 Å². The van der Waals surface area contributed by atoms with E-state index in [1.165, 1.54) is 6.92 Å². The highest BCUT2D eigenvalue weighted by Crippen LogP contribution is 2.23. The number of benzene rings is 1. The zero-order chi connectivity index (χ0) is 17.9. The van der Waals surface area contributed by atoms with Gasteiger partial charge in [0.2, 0.25) is 10.0 Å². The van der Waals surface area contributed by atoms with E-state index in [4.69, 9.17) is 5.26 Å². The number of hydrogen-bond acceptors (Lipinski definition) is 5. The van der Waals surface area contributed by atoms with E-state index in [2.05, 4.69) is 4.72 Å². The third-order valence-corrected chi connectivity index (χ3v) is 5.84. The minimum absolute atomic E-state index is 0.0300. The molecule has 0 bridgehead atoms. The van der Waals surface area contributed by atoms with E-state index in [-0.39, 0.29) is 19.5 Å². The molecule has 24 heavy (non-hydrogen) atoms. The summed E-state index contributed by atoms with van der Waals surface area (Å²) in [4.78, 5) is 25.5. The summed E-state index contributed by atoms with van der Waals surface area (Å²) in [6.45, 7) is 3.20. The van der Waals surface area contributed by atoms with Crippen molar-refractivity contribution in [1.82, 2.24) is 9.62 Å². The Morgan fingerprint density at radius 1 is 1.17 bits per heavy atom. The second-order valence-corrected chi connectivity index (χ2v) is 8.01. The molecule has 1 aliphatic heterocycles. The van der Waals surface area contributed by atoms with E-state index in [1.54, 1.807) is 31.2 Å². The van der Waals surface area contributed by atoms with Crippen LogP contribution in [0.15, 0.2) is 24.3 Å². The van der Waals surface area contributed by atoms with Crippen molar-refractivity contribution < 1.29 is 18.0 Å². The molecule has 2 atom stereocenters. The summed E-state index contributed by atoms with van der Waals surface area (Å²) in [7, 11) is -3.61. The van der Waals surface area contributed by atoms with E-state index < -0.39 is 33.0 Å². The van der Waals surface area contributed by atoms with Gasteiger partial charge in [0.1, 0.15) is 0 Å². The monoisotopic (exact) mass is 349 g/mol. The lowest BCUT2D eigenvalue weighted by Crippen LogP contribution is -2.38. The minimum atomic E-state index is -3.61. The van der Waals surface area contributed by atoms with Crippen LogP contribution >= 0.6 is 0 Å². The van der Waals surface area contributed by atoms with Crippen molar-refractivity contribution in [3.05, 3.63) is 35.4 Å². The average molecular weight is 349 g/mol. The highest BCUT2D eigenvalue weighted by molar-refractivity contribution is 7.90. The van der Waals surface area contributed by atoms with Gasteiger partial charge in [-0.05, 0) is 32.4 Å². The van der Waals surface area contributed by atoms with Crippen molar-refractivity contribution >= 4 is 21.8 Å². The number of amides is 2. The molecule has 0 spiro atoms. The zero-order valence-corrected chi connectivity index (χ0v) is 14.3. The number of nitriles is 1. The molecule has 0 saturated carbocycles. The Morgan fingerprint density at radius 2 is 1.71 bits per heavy atom. The summed E-state index contributed by atoms with van der Waals surface area (Å²) in [6.07, 6.45) is 0.127. The van der Waals surface area contributed by atoms with Gasteiger partial charge in [-0.25, -0.2) is 13.1 Å². The molecule has 1 aromatic rings. The van der Waals surface area contributed by atoms with E-state index in [1.807, 2.05) is 6.07 Å². The van der Waals surface area contributed by atoms with E-state index >= 15 is 0 Å². The summed E-state index contributed by atoms with van der Waals surface area (Å²) in [5.41, 5.74) is 0.693. The molecule has 0 aliphatic carbocycles. The Hall–Kier alpha value is -2.24. The SMILES string of the molecule is CC(C#N)CNS(=O)(=O)C(C)CCN1C(=O)c2ccccc2C1=O. The number of rotatable bonds is 7. The number of nitrogens with one attached hydrogen (secondary N) is 1. The lowest BCUT2D eigenvalue weighted by Gasteiger charge is -2.18. The van der Waals surface area contributed by atoms with Gasteiger partial charge in [-0.1, -0.05) is 12.1 Å². The van der Waals surface area contributed by atoms with Gasteiger partial charge >= 0.3 is 0 Å². The molecule has 128 valence electrons. The molecule has 2 unspecified atom stereocenters. The van der Waals surface area contributed by atoms with Gasteiger partial charge < -0.3 is 0 Å². The molecule has 8 heteroatoms. The van der Waals surface area contributed by atoms with Crippen LogP contribution in [0.25, 0.3) is 0 Å². The summed E-state index contributed by atoms with van der Waals surface area (Å²) < 4.78 is 26.6. The normalized spacial score (nSPS) is 16.6. The molecular weight excluding hydrogens is 330 g/mol. The second-order valence-electron chi connectivity index (χ2n) is 5.83. The molecule has 2 amide bonds. The molecule has 1 N–H and O–H groups in total. The first-order valence-corrected chi connectivity index (χ1v) is 9.16. The third-order valence-electron chi connectivity index (χ3n) is 3.98. The van der Waals surface area contributed by atoms with Crippen LogP contribution in [0.3, 0.4) is 0 Å². The summed E-state index contributed by atoms with van der Waals surface area (Å²) in [5, 5.41) is 7.91. The topological polar surface area (TPSA) is 107 Å². The molecule has 1 aliphatic rings. The van der Waals surface area contributed by atoms with E-state index in [9.17, 15) is 18.0 Å². The number of sulfonamides is 1. The van der Waals surface area contributed by atoms with Crippen molar-refractivity contribution in [1.29, 1.82) is 5.26 Å². The Balaban J connectivity index is 1.98. The fourth-order valence-corrected chi connectivity index (χ4v) is 3.52. The standard InChI is InChI=1S/C16H19N3O4S/c1-11(9-17)10-18-24(22,23)12(2)7-8-19-15(20)13-5-3-4-6-14(13)16(19)21/h3-6,11-12,18H,7-8,10H2,1-2H3. The second kappa shape index (κ2) is 7.11. The molecule has 0 radical (unpaired) electrons. The Labute approximate surface area is 141 Å². The number of fused-ring (bicyclic) bond motifs is 1. The molecule has 0 saturated heterocycles. The molecule has 7 nitrogen and oxygen atoms in total. The summed E-state index contributed by atoms with van der Waals surface area (Å²) >= 11 is 0. The quantitative estimate of drug-likeness (QED) is 0.743. The van der Waals surface area contributed by atoms with Gasteiger partial charge in [0.15, 0.2) is 0 Å². The van der Waals surface area contributed by atoms with Gasteiger partial charge in [-0.2, -0.15) is 5.26 Å². The van der Waals surface area contributed by atoms with Crippen LogP contribution in [-0.2, 0) is 10.0 Å². The zero-order valence-electron chi connectivity index (χ0n) is 13.5. The van der Waals surface area contributed by atoms with Crippen molar-refractivity contribution in [2.75, 3.05) is 13.1 Å². The molecule has 0 aromatic heterocycles. The van der Waals surface area contributed by atoms with Crippen LogP contribution in [-0.4, -0.2) is 43.5 Å². The van der Waals surface area contributed by atoms with Gasteiger partial charge in [-0.15, -0.1) is 0 Å². The summed E-state index contributed by atoms with van der Waals surface area (Å²) in [6, 6.07) is 8.48. The molecule has 1 heterocycles. The number of carbonyl (C=O) groups is 2. The molecule has 0 fully saturated rings. The average Bonchev–Trinajstić information content (AvgIpc) is 2.82. The maximum absolute atomic E-state index is 12.2. The van der Waals surface area contributed by atoms with Crippen molar-refractivity contribution in [2.45, 2.75) is 25.5 Å². The number of carbonyl (C=O) groups excluding carboxylic acids is 2. The highest BCUT2D eigenvalue weighted by Gasteiger charge is 2.35. The first kappa shape index (κ1) is 18.1. The van der Waals surface area contributed by atoms with E-state index in [0.717, 1.165) is 4.90 Å². The number of nitrogens with zero attached hydrogens (tertiary/aromatic N) is 2. The number of hydrogen-bond donors (Lipinski definition) is 1. The fourth-order valence-electron chi connectivity index (χ4n) is 2.34. The minimum Gasteiger partial charge on any atom is -0.274 e. The Morgan fingerprint density at radius 3 is 2.21 bits per heavy atom. The van der Waals surface area contributed by atoms with Crippen molar-refractivity contribution in [3.63, 3.8) is 0 Å². The lowest BCUT2D eigenvalue weighted by atomic mass is 10.1. The van der Waals surface area contributed by atoms with Crippen LogP contribution in [0.5, 0.6) is 0 Å². The van der Waals surface area contributed by atoms with Crippen LogP contribution in [0.1, 0.15) is 41.0 Å². The van der Waals surface area contributed by atoms with Crippen LogP contribution in [0, 0.1) is 17.2 Å². The largest absolute Gasteiger partial charge is 0.274 e. The Bertz CT molecular complexity index is 763. The van der Waals surface area contributed by atoms with Gasteiger partial charge in [0.25, 0.3) is 11.8 Å². The molecule has 2 rings (SSSR count). The lowest BCUT2D eigenvalue weighted by molar-refractivity contribution is 0.0652. The predicted octanol–water partition coefficient (Wildman–Crippen LogP) is 1.14. The summed E-state index contributed by atoms with van der Waals surface area (Å²) in [5.74, 6) is -1.22. The van der Waals surface area contributed by atoms with Crippen molar-refractivity contribution in [3.8, 4) is 6.07 Å². The first-order valence-electron chi connectivity index (χ1n) is 7.61. The van der Waals surface area contributed by atoms with Gasteiger partial charge in [-0.3, -0.25) is 14.5 Å².